The van der Waals surface area contributed by atoms with Gasteiger partial charge in [-0.2, -0.15) is 5.10 Å². The smallest absolute Gasteiger partial charge is 0.308 e. The highest BCUT2D eigenvalue weighted by molar-refractivity contribution is 5.80. The van der Waals surface area contributed by atoms with Crippen LogP contribution in [0.4, 0.5) is 0 Å². The summed E-state index contributed by atoms with van der Waals surface area (Å²) in [5.41, 5.74) is 1.93. The maximum atomic E-state index is 11.5. The molecule has 1 rings (SSSR count). The lowest BCUT2D eigenvalue weighted by Crippen LogP contribution is -2.29. The minimum absolute atomic E-state index is 0.209. The van der Waals surface area contributed by atoms with Crippen LogP contribution < -0.4 is 5.32 Å². The van der Waals surface area contributed by atoms with E-state index < -0.39 is 0 Å². The number of aromatic nitrogens is 2. The molecular formula is C14H23N3O3. The summed E-state index contributed by atoms with van der Waals surface area (Å²) in [6.07, 6.45) is 2.16. The lowest BCUT2D eigenvalue weighted by molar-refractivity contribution is -0.148. The van der Waals surface area contributed by atoms with Crippen molar-refractivity contribution in [1.29, 1.82) is 0 Å². The zero-order valence-corrected chi connectivity index (χ0v) is 12.4. The first-order chi connectivity index (χ1) is 9.52. The van der Waals surface area contributed by atoms with Crippen molar-refractivity contribution >= 4 is 11.9 Å². The van der Waals surface area contributed by atoms with Crippen LogP contribution in [0.1, 0.15) is 37.6 Å². The molecule has 0 spiro atoms. The second-order valence-electron chi connectivity index (χ2n) is 4.76. The quantitative estimate of drug-likeness (QED) is 0.576. The summed E-state index contributed by atoms with van der Waals surface area (Å²) in [5.74, 6) is -0.638. The number of esters is 1. The van der Waals surface area contributed by atoms with Crippen molar-refractivity contribution in [2.75, 3.05) is 13.2 Å². The molecule has 0 fully saturated rings. The van der Waals surface area contributed by atoms with Gasteiger partial charge in [-0.05, 0) is 26.3 Å². The Balaban J connectivity index is 2.20. The Labute approximate surface area is 119 Å². The Morgan fingerprint density at radius 1 is 1.40 bits per heavy atom. The summed E-state index contributed by atoms with van der Waals surface area (Å²) in [6, 6.07) is 1.95. The van der Waals surface area contributed by atoms with Crippen molar-refractivity contribution in [3.05, 3.63) is 17.5 Å². The summed E-state index contributed by atoms with van der Waals surface area (Å²) < 4.78 is 6.67. The van der Waals surface area contributed by atoms with Crippen molar-refractivity contribution in [2.45, 2.75) is 46.6 Å². The van der Waals surface area contributed by atoms with Crippen LogP contribution in [-0.2, 0) is 20.9 Å². The topological polar surface area (TPSA) is 73.2 Å². The van der Waals surface area contributed by atoms with Crippen LogP contribution in [0.2, 0.25) is 0 Å². The van der Waals surface area contributed by atoms with Crippen LogP contribution in [0.3, 0.4) is 0 Å². The lowest BCUT2D eigenvalue weighted by atomic mass is 10.3. The zero-order chi connectivity index (χ0) is 15.0. The van der Waals surface area contributed by atoms with E-state index in [0.717, 1.165) is 24.2 Å². The number of nitrogens with one attached hydrogen (secondary N) is 1. The van der Waals surface area contributed by atoms with E-state index >= 15 is 0 Å². The van der Waals surface area contributed by atoms with Crippen molar-refractivity contribution in [2.24, 2.45) is 0 Å². The van der Waals surface area contributed by atoms with E-state index in [1.54, 1.807) is 4.68 Å². The maximum absolute atomic E-state index is 11.5. The van der Waals surface area contributed by atoms with Crippen LogP contribution >= 0.6 is 0 Å². The molecule has 20 heavy (non-hydrogen) atoms. The number of hydrogen-bond donors (Lipinski definition) is 1. The van der Waals surface area contributed by atoms with E-state index in [0.29, 0.717) is 13.1 Å². The molecule has 0 aliphatic rings. The highest BCUT2D eigenvalue weighted by Crippen LogP contribution is 2.03. The number of ether oxygens (including phenoxy) is 1. The maximum Gasteiger partial charge on any atom is 0.308 e. The van der Waals surface area contributed by atoms with Gasteiger partial charge in [-0.25, -0.2) is 0 Å². The van der Waals surface area contributed by atoms with Crippen molar-refractivity contribution in [1.82, 2.24) is 15.1 Å². The Bertz CT molecular complexity index is 455. The fourth-order valence-electron chi connectivity index (χ4n) is 1.77. The van der Waals surface area contributed by atoms with Crippen LogP contribution in [0.5, 0.6) is 0 Å². The number of nitrogens with zero attached hydrogens (tertiary/aromatic N) is 2. The van der Waals surface area contributed by atoms with E-state index in [1.807, 2.05) is 26.8 Å². The normalized spacial score (nSPS) is 10.3. The summed E-state index contributed by atoms with van der Waals surface area (Å²) in [7, 11) is 0. The van der Waals surface area contributed by atoms with Crippen LogP contribution in [-0.4, -0.2) is 34.8 Å². The van der Waals surface area contributed by atoms with Gasteiger partial charge in [0.2, 0.25) is 0 Å². The van der Waals surface area contributed by atoms with Gasteiger partial charge in [0.15, 0.2) is 6.61 Å². The molecule has 1 aromatic heterocycles. The van der Waals surface area contributed by atoms with Gasteiger partial charge in [0.1, 0.15) is 0 Å². The molecule has 1 N–H and O–H groups in total. The molecule has 1 heterocycles. The third-order valence-electron chi connectivity index (χ3n) is 2.85. The number of carbonyl (C=O) groups excluding carboxylic acids is 2. The highest BCUT2D eigenvalue weighted by Gasteiger charge is 2.08. The van der Waals surface area contributed by atoms with Gasteiger partial charge in [0.05, 0.1) is 18.7 Å². The van der Waals surface area contributed by atoms with E-state index in [4.69, 9.17) is 4.74 Å². The first kappa shape index (κ1) is 16.2. The SMILES string of the molecule is CCCCNC(=O)COC(=O)CCn1nc(C)cc1C. The standard InChI is InChI=1S/C14H23N3O3/c1-4-5-7-15-13(18)10-20-14(19)6-8-17-12(3)9-11(2)16-17/h9H,4-8,10H2,1-3H3,(H,15,18). The van der Waals surface area contributed by atoms with Gasteiger partial charge in [0, 0.05) is 12.2 Å². The van der Waals surface area contributed by atoms with Gasteiger partial charge in [-0.15, -0.1) is 0 Å². The number of carbonyl (C=O) groups is 2. The molecule has 0 aromatic carbocycles. The molecule has 0 saturated carbocycles. The van der Waals surface area contributed by atoms with Crippen molar-refractivity contribution in [3.63, 3.8) is 0 Å². The zero-order valence-electron chi connectivity index (χ0n) is 12.4. The Morgan fingerprint density at radius 3 is 2.75 bits per heavy atom. The van der Waals surface area contributed by atoms with Crippen LogP contribution in [0.25, 0.3) is 0 Å². The molecule has 0 bridgehead atoms. The molecule has 1 aromatic rings. The Morgan fingerprint density at radius 2 is 2.15 bits per heavy atom. The predicted molar refractivity (Wildman–Crippen MR) is 75.2 cm³/mol. The average molecular weight is 281 g/mol. The van der Waals surface area contributed by atoms with Gasteiger partial charge in [-0.1, -0.05) is 13.3 Å². The first-order valence-electron chi connectivity index (χ1n) is 6.96. The van der Waals surface area contributed by atoms with Gasteiger partial charge < -0.3 is 10.1 Å². The van der Waals surface area contributed by atoms with Crippen molar-refractivity contribution < 1.29 is 14.3 Å². The molecule has 6 nitrogen and oxygen atoms in total. The minimum Gasteiger partial charge on any atom is -0.456 e. The molecule has 6 heteroatoms. The number of hydrogen-bond acceptors (Lipinski definition) is 4. The fraction of sp³-hybridized carbons (Fsp3) is 0.643. The van der Waals surface area contributed by atoms with Gasteiger partial charge in [0.25, 0.3) is 5.91 Å². The van der Waals surface area contributed by atoms with E-state index in [-0.39, 0.29) is 24.9 Å². The van der Waals surface area contributed by atoms with Crippen molar-refractivity contribution in [3.8, 4) is 0 Å². The third-order valence-corrected chi connectivity index (χ3v) is 2.85. The highest BCUT2D eigenvalue weighted by atomic mass is 16.5. The second-order valence-corrected chi connectivity index (χ2v) is 4.76. The van der Waals surface area contributed by atoms with E-state index in [1.165, 1.54) is 0 Å². The van der Waals surface area contributed by atoms with Crippen LogP contribution in [0, 0.1) is 13.8 Å². The molecule has 0 saturated heterocycles. The van der Waals surface area contributed by atoms with Gasteiger partial charge >= 0.3 is 5.97 Å². The van der Waals surface area contributed by atoms with E-state index in [2.05, 4.69) is 10.4 Å². The van der Waals surface area contributed by atoms with Crippen LogP contribution in [0.15, 0.2) is 6.07 Å². The largest absolute Gasteiger partial charge is 0.456 e. The number of rotatable bonds is 8. The molecule has 0 unspecified atom stereocenters. The fourth-order valence-corrected chi connectivity index (χ4v) is 1.77. The minimum atomic E-state index is -0.386. The molecule has 0 aliphatic heterocycles. The summed E-state index contributed by atoms with van der Waals surface area (Å²) in [5, 5.41) is 6.95. The number of aryl methyl sites for hydroxylation is 3. The molecule has 0 atom stereocenters. The number of unbranched alkanes of at least 4 members (excludes halogenated alkanes) is 1. The number of amides is 1. The summed E-state index contributed by atoms with van der Waals surface area (Å²) in [6.45, 7) is 6.77. The molecule has 0 aliphatic carbocycles. The first-order valence-corrected chi connectivity index (χ1v) is 6.96. The van der Waals surface area contributed by atoms with E-state index in [9.17, 15) is 9.59 Å². The molecule has 112 valence electrons. The summed E-state index contributed by atoms with van der Waals surface area (Å²) >= 11 is 0. The predicted octanol–water partition coefficient (Wildman–Crippen LogP) is 1.35. The lowest BCUT2D eigenvalue weighted by Gasteiger charge is -2.07. The second kappa shape index (κ2) is 8.35. The molecule has 0 radical (unpaired) electrons. The molecule has 1 amide bonds. The third kappa shape index (κ3) is 5.86. The van der Waals surface area contributed by atoms with Gasteiger partial charge in [-0.3, -0.25) is 14.3 Å². The molecular weight excluding hydrogens is 258 g/mol. The monoisotopic (exact) mass is 281 g/mol. The average Bonchev–Trinajstić information content (AvgIpc) is 2.72. The summed E-state index contributed by atoms with van der Waals surface area (Å²) in [4.78, 5) is 22.9. The Kier molecular flexibility index (Phi) is 6.76. The Hall–Kier alpha value is -1.85.